The summed E-state index contributed by atoms with van der Waals surface area (Å²) in [5.74, 6) is -0.0482. The van der Waals surface area contributed by atoms with Crippen molar-refractivity contribution in [1.29, 1.82) is 0 Å². The lowest BCUT2D eigenvalue weighted by atomic mass is 10.1. The molecule has 1 fully saturated rings. The SMILES string of the molecule is Cc1nn(C)c2ncc(C(=O)N[C@@H]3CCCN(C)C3)cc12. The summed E-state index contributed by atoms with van der Waals surface area (Å²) in [6.45, 7) is 3.95. The standard InChI is InChI=1S/C15H21N5O/c1-10-13-7-11(8-16-14(13)20(3)18-10)15(21)17-12-5-4-6-19(2)9-12/h7-8,12H,4-6,9H2,1-3H3,(H,17,21)/t12-/m1/s1. The van der Waals surface area contributed by atoms with Crippen LogP contribution < -0.4 is 5.32 Å². The molecule has 1 N–H and O–H groups in total. The minimum atomic E-state index is -0.0482. The molecule has 21 heavy (non-hydrogen) atoms. The average molecular weight is 287 g/mol. The molecule has 6 nitrogen and oxygen atoms in total. The second-order valence-electron chi connectivity index (χ2n) is 5.88. The lowest BCUT2D eigenvalue weighted by Crippen LogP contribution is -2.46. The second-order valence-corrected chi connectivity index (χ2v) is 5.88. The van der Waals surface area contributed by atoms with Crippen LogP contribution in [0.1, 0.15) is 28.9 Å². The van der Waals surface area contributed by atoms with Crippen molar-refractivity contribution in [3.05, 3.63) is 23.5 Å². The molecule has 1 amide bonds. The largest absolute Gasteiger partial charge is 0.348 e. The Morgan fingerprint density at radius 2 is 2.24 bits per heavy atom. The zero-order valence-electron chi connectivity index (χ0n) is 12.8. The van der Waals surface area contributed by atoms with Crippen LogP contribution in [0.4, 0.5) is 0 Å². The highest BCUT2D eigenvalue weighted by Crippen LogP contribution is 2.17. The van der Waals surface area contributed by atoms with E-state index >= 15 is 0 Å². The van der Waals surface area contributed by atoms with Crippen LogP contribution in [0.3, 0.4) is 0 Å². The van der Waals surface area contributed by atoms with Crippen LogP contribution >= 0.6 is 0 Å². The second kappa shape index (κ2) is 5.44. The first-order valence-electron chi connectivity index (χ1n) is 7.33. The summed E-state index contributed by atoms with van der Waals surface area (Å²) in [6.07, 6.45) is 3.80. The number of hydrogen-bond donors (Lipinski definition) is 1. The first kappa shape index (κ1) is 14.0. The summed E-state index contributed by atoms with van der Waals surface area (Å²) in [6, 6.07) is 2.11. The van der Waals surface area contributed by atoms with E-state index in [9.17, 15) is 4.79 Å². The van der Waals surface area contributed by atoms with Gasteiger partial charge in [-0.15, -0.1) is 0 Å². The Labute approximate surface area is 124 Å². The fraction of sp³-hybridized carbons (Fsp3) is 0.533. The Hall–Kier alpha value is -1.95. The zero-order valence-corrected chi connectivity index (χ0v) is 12.8. The molecule has 2 aromatic heterocycles. The molecule has 3 heterocycles. The number of rotatable bonds is 2. The van der Waals surface area contributed by atoms with Crippen molar-refractivity contribution in [3.63, 3.8) is 0 Å². The number of piperidine rings is 1. The minimum absolute atomic E-state index is 0.0482. The monoisotopic (exact) mass is 287 g/mol. The summed E-state index contributed by atoms with van der Waals surface area (Å²) in [4.78, 5) is 19.0. The van der Waals surface area contributed by atoms with Gasteiger partial charge in [-0.3, -0.25) is 9.48 Å². The maximum Gasteiger partial charge on any atom is 0.253 e. The Morgan fingerprint density at radius 1 is 1.43 bits per heavy atom. The molecule has 6 heteroatoms. The van der Waals surface area contributed by atoms with Gasteiger partial charge in [-0.05, 0) is 39.4 Å². The third-order valence-corrected chi connectivity index (χ3v) is 4.08. The van der Waals surface area contributed by atoms with Crippen LogP contribution in [0.2, 0.25) is 0 Å². The van der Waals surface area contributed by atoms with Crippen molar-refractivity contribution in [3.8, 4) is 0 Å². The molecule has 1 aliphatic rings. The number of carbonyl (C=O) groups is 1. The van der Waals surface area contributed by atoms with E-state index in [0.717, 1.165) is 42.7 Å². The summed E-state index contributed by atoms with van der Waals surface area (Å²) in [5, 5.41) is 8.38. The van der Waals surface area contributed by atoms with Crippen molar-refractivity contribution in [2.24, 2.45) is 7.05 Å². The normalized spacial score (nSPS) is 19.9. The van der Waals surface area contributed by atoms with Gasteiger partial charge in [0.15, 0.2) is 5.65 Å². The number of hydrogen-bond acceptors (Lipinski definition) is 4. The van der Waals surface area contributed by atoms with Crippen LogP contribution in [0.5, 0.6) is 0 Å². The van der Waals surface area contributed by atoms with Crippen molar-refractivity contribution in [1.82, 2.24) is 25.0 Å². The van der Waals surface area contributed by atoms with Crippen LogP contribution in [0.15, 0.2) is 12.3 Å². The van der Waals surface area contributed by atoms with Crippen molar-refractivity contribution >= 4 is 16.9 Å². The van der Waals surface area contributed by atoms with Gasteiger partial charge in [-0.25, -0.2) is 4.98 Å². The number of aryl methyl sites for hydroxylation is 2. The molecule has 0 aliphatic carbocycles. The van der Waals surface area contributed by atoms with E-state index in [1.807, 2.05) is 20.0 Å². The molecule has 2 aromatic rings. The third-order valence-electron chi connectivity index (χ3n) is 4.08. The highest BCUT2D eigenvalue weighted by Gasteiger charge is 2.20. The van der Waals surface area contributed by atoms with E-state index < -0.39 is 0 Å². The molecule has 0 aromatic carbocycles. The molecule has 0 bridgehead atoms. The molecule has 1 aliphatic heterocycles. The maximum absolute atomic E-state index is 12.4. The highest BCUT2D eigenvalue weighted by atomic mass is 16.1. The number of nitrogens with one attached hydrogen (secondary N) is 1. The number of nitrogens with zero attached hydrogens (tertiary/aromatic N) is 4. The molecule has 0 saturated carbocycles. The maximum atomic E-state index is 12.4. The van der Waals surface area contributed by atoms with Crippen LogP contribution in [0, 0.1) is 6.92 Å². The molecule has 0 spiro atoms. The fourth-order valence-electron chi connectivity index (χ4n) is 2.99. The molecular formula is C15H21N5O. The van der Waals surface area contributed by atoms with E-state index in [4.69, 9.17) is 0 Å². The summed E-state index contributed by atoms with van der Waals surface area (Å²) in [5.41, 5.74) is 2.31. The number of pyridine rings is 1. The van der Waals surface area contributed by atoms with Crippen LogP contribution in [0.25, 0.3) is 11.0 Å². The minimum Gasteiger partial charge on any atom is -0.348 e. The molecule has 1 atom stereocenters. The fourth-order valence-corrected chi connectivity index (χ4v) is 2.99. The molecule has 0 unspecified atom stereocenters. The first-order chi connectivity index (χ1) is 10.0. The van der Waals surface area contributed by atoms with E-state index in [0.29, 0.717) is 5.56 Å². The van der Waals surface area contributed by atoms with Crippen molar-refractivity contribution < 1.29 is 4.79 Å². The predicted octanol–water partition coefficient (Wildman–Crippen LogP) is 1.10. The van der Waals surface area contributed by atoms with Gasteiger partial charge in [0.1, 0.15) is 0 Å². The van der Waals surface area contributed by atoms with Crippen molar-refractivity contribution in [2.45, 2.75) is 25.8 Å². The smallest absolute Gasteiger partial charge is 0.253 e. The Bertz CT molecular complexity index is 678. The number of aromatic nitrogens is 3. The molecule has 112 valence electrons. The number of carbonyl (C=O) groups excluding carboxylic acids is 1. The number of amides is 1. The van der Waals surface area contributed by atoms with E-state index in [1.54, 1.807) is 10.9 Å². The van der Waals surface area contributed by atoms with E-state index in [-0.39, 0.29) is 11.9 Å². The summed E-state index contributed by atoms with van der Waals surface area (Å²) < 4.78 is 1.74. The van der Waals surface area contributed by atoms with Gasteiger partial charge in [-0.2, -0.15) is 5.10 Å². The lowest BCUT2D eigenvalue weighted by molar-refractivity contribution is 0.0912. The van der Waals surface area contributed by atoms with Gasteiger partial charge in [0.05, 0.1) is 11.3 Å². The Morgan fingerprint density at radius 3 is 3.00 bits per heavy atom. The van der Waals surface area contributed by atoms with Gasteiger partial charge in [-0.1, -0.05) is 0 Å². The number of likely N-dealkylation sites (N-methyl/N-ethyl adjacent to an activating group) is 1. The Kier molecular flexibility index (Phi) is 3.63. The quantitative estimate of drug-likeness (QED) is 0.898. The molecule has 3 rings (SSSR count). The molecule has 0 radical (unpaired) electrons. The Balaban J connectivity index is 1.79. The number of fused-ring (bicyclic) bond motifs is 1. The zero-order chi connectivity index (χ0) is 15.0. The van der Waals surface area contributed by atoms with Crippen LogP contribution in [-0.4, -0.2) is 51.8 Å². The van der Waals surface area contributed by atoms with Gasteiger partial charge in [0.2, 0.25) is 0 Å². The van der Waals surface area contributed by atoms with Gasteiger partial charge in [0.25, 0.3) is 5.91 Å². The van der Waals surface area contributed by atoms with Gasteiger partial charge in [0, 0.05) is 31.2 Å². The summed E-state index contributed by atoms with van der Waals surface area (Å²) in [7, 11) is 3.95. The molecule has 1 saturated heterocycles. The van der Waals surface area contributed by atoms with Gasteiger partial charge >= 0.3 is 0 Å². The van der Waals surface area contributed by atoms with E-state index in [1.165, 1.54) is 0 Å². The number of likely N-dealkylation sites (tertiary alicyclic amines) is 1. The molecular weight excluding hydrogens is 266 g/mol. The average Bonchev–Trinajstić information content (AvgIpc) is 2.73. The predicted molar refractivity (Wildman–Crippen MR) is 81.2 cm³/mol. The first-order valence-corrected chi connectivity index (χ1v) is 7.33. The van der Waals surface area contributed by atoms with Crippen LogP contribution in [-0.2, 0) is 7.05 Å². The van der Waals surface area contributed by atoms with Gasteiger partial charge < -0.3 is 10.2 Å². The van der Waals surface area contributed by atoms with Crippen molar-refractivity contribution in [2.75, 3.05) is 20.1 Å². The lowest BCUT2D eigenvalue weighted by Gasteiger charge is -2.30. The third kappa shape index (κ3) is 2.76. The summed E-state index contributed by atoms with van der Waals surface area (Å²) >= 11 is 0. The van der Waals surface area contributed by atoms with E-state index in [2.05, 4.69) is 27.3 Å². The topological polar surface area (TPSA) is 63.1 Å². The highest BCUT2D eigenvalue weighted by molar-refractivity contribution is 5.97.